The average molecular weight is 225 g/mol. The van der Waals surface area contributed by atoms with Crippen LogP contribution >= 0.6 is 7.60 Å². The van der Waals surface area contributed by atoms with Gasteiger partial charge in [0, 0.05) is 6.66 Å². The van der Waals surface area contributed by atoms with E-state index in [1.54, 1.807) is 13.8 Å². The molecular weight excluding hydrogens is 209 g/mol. The molecule has 0 radical (unpaired) electrons. The van der Waals surface area contributed by atoms with Gasteiger partial charge in [-0.3, -0.25) is 9.36 Å². The molecule has 3 N–H and O–H groups in total. The molecule has 7 heteroatoms. The Hall–Kier alpha value is -0.420. The lowest BCUT2D eigenvalue weighted by molar-refractivity contribution is -0.139. The monoisotopic (exact) mass is 225 g/mol. The van der Waals surface area contributed by atoms with Crippen molar-refractivity contribution in [2.45, 2.75) is 26.0 Å². The fourth-order valence-electron chi connectivity index (χ4n) is 0.700. The summed E-state index contributed by atoms with van der Waals surface area (Å²) in [6, 6.07) is -1.18. The van der Waals surface area contributed by atoms with E-state index < -0.39 is 19.6 Å². The predicted molar refractivity (Wildman–Crippen MR) is 51.3 cm³/mol. The normalized spacial score (nSPS) is 17.8. The molecule has 14 heavy (non-hydrogen) atoms. The summed E-state index contributed by atoms with van der Waals surface area (Å²) in [7, 11) is -3.19. The molecule has 0 spiro atoms. The van der Waals surface area contributed by atoms with Crippen LogP contribution in [0.4, 0.5) is 0 Å². The molecule has 0 aliphatic heterocycles. The van der Waals surface area contributed by atoms with E-state index in [2.05, 4.69) is 0 Å². The molecule has 84 valence electrons. The number of rotatable bonds is 6. The smallest absolute Gasteiger partial charge is 0.327 e. The summed E-state index contributed by atoms with van der Waals surface area (Å²) in [4.78, 5) is 10.3. The zero-order chi connectivity index (χ0) is 11.4. The zero-order valence-electron chi connectivity index (χ0n) is 8.47. The van der Waals surface area contributed by atoms with Crippen molar-refractivity contribution in [3.63, 3.8) is 0 Å². The van der Waals surface area contributed by atoms with Crippen molar-refractivity contribution in [2.24, 2.45) is 5.73 Å². The van der Waals surface area contributed by atoms with Gasteiger partial charge in [0.15, 0.2) is 0 Å². The van der Waals surface area contributed by atoms with Gasteiger partial charge in [-0.25, -0.2) is 0 Å². The quantitative estimate of drug-likeness (QED) is 0.644. The summed E-state index contributed by atoms with van der Waals surface area (Å²) in [6.45, 7) is 4.37. The number of hydrogen-bond acceptors (Lipinski definition) is 5. The molecule has 2 atom stereocenters. The first-order chi connectivity index (χ1) is 6.24. The molecule has 0 rings (SSSR count). The second-order valence-corrected chi connectivity index (χ2v) is 5.18. The SMILES string of the molecule is CC(C)O[P@@](C)(=O)OC[C@H](N)C(=O)O. The topological polar surface area (TPSA) is 98.9 Å². The average Bonchev–Trinajstić information content (AvgIpc) is 1.97. The van der Waals surface area contributed by atoms with Crippen molar-refractivity contribution in [2.75, 3.05) is 13.3 Å². The Bertz CT molecular complexity index is 242. The number of carboxylic acids is 1. The van der Waals surface area contributed by atoms with Crippen LogP contribution in [0, 0.1) is 0 Å². The Balaban J connectivity index is 3.99. The minimum absolute atomic E-state index is 0.244. The molecule has 0 amide bonds. The van der Waals surface area contributed by atoms with Gasteiger partial charge in [0.05, 0.1) is 12.7 Å². The van der Waals surface area contributed by atoms with E-state index in [1.165, 1.54) is 6.66 Å². The van der Waals surface area contributed by atoms with Gasteiger partial charge in [-0.1, -0.05) is 0 Å². The van der Waals surface area contributed by atoms with Crippen LogP contribution in [0.2, 0.25) is 0 Å². The number of nitrogens with two attached hydrogens (primary N) is 1. The van der Waals surface area contributed by atoms with Gasteiger partial charge in [0.2, 0.25) is 0 Å². The van der Waals surface area contributed by atoms with Crippen LogP contribution in [0.5, 0.6) is 0 Å². The third kappa shape index (κ3) is 6.10. The highest BCUT2D eigenvalue weighted by molar-refractivity contribution is 7.53. The highest BCUT2D eigenvalue weighted by atomic mass is 31.2. The summed E-state index contributed by atoms with van der Waals surface area (Å²) in [5.41, 5.74) is 5.15. The van der Waals surface area contributed by atoms with Crippen molar-refractivity contribution in [3.05, 3.63) is 0 Å². The molecular formula is C7H16NO5P. The molecule has 0 unspecified atom stereocenters. The Morgan fingerprint density at radius 1 is 1.57 bits per heavy atom. The molecule has 0 aliphatic carbocycles. The van der Waals surface area contributed by atoms with Gasteiger partial charge in [0.1, 0.15) is 6.04 Å². The summed E-state index contributed by atoms with van der Waals surface area (Å²) in [5, 5.41) is 8.43. The lowest BCUT2D eigenvalue weighted by atomic mass is 10.3. The maximum Gasteiger partial charge on any atom is 0.327 e. The second-order valence-electron chi connectivity index (χ2n) is 3.17. The van der Waals surface area contributed by atoms with Gasteiger partial charge in [-0.15, -0.1) is 0 Å². The minimum Gasteiger partial charge on any atom is -0.480 e. The van der Waals surface area contributed by atoms with Gasteiger partial charge in [-0.2, -0.15) is 0 Å². The van der Waals surface area contributed by atoms with E-state index in [-0.39, 0.29) is 12.7 Å². The maximum absolute atomic E-state index is 11.5. The van der Waals surface area contributed by atoms with Crippen LogP contribution in [0.3, 0.4) is 0 Å². The van der Waals surface area contributed by atoms with Crippen LogP contribution in [-0.4, -0.2) is 36.5 Å². The predicted octanol–water partition coefficient (Wildman–Crippen LogP) is 0.663. The number of carbonyl (C=O) groups is 1. The molecule has 0 aromatic heterocycles. The van der Waals surface area contributed by atoms with Crippen LogP contribution in [0.1, 0.15) is 13.8 Å². The number of aliphatic carboxylic acids is 1. The van der Waals surface area contributed by atoms with Crippen LogP contribution in [-0.2, 0) is 18.4 Å². The fraction of sp³-hybridized carbons (Fsp3) is 0.857. The van der Waals surface area contributed by atoms with Crippen LogP contribution in [0.15, 0.2) is 0 Å². The maximum atomic E-state index is 11.5. The van der Waals surface area contributed by atoms with Gasteiger partial charge in [-0.05, 0) is 13.8 Å². The van der Waals surface area contributed by atoms with E-state index in [0.717, 1.165) is 0 Å². The Kier molecular flexibility index (Phi) is 5.29. The van der Waals surface area contributed by atoms with Gasteiger partial charge in [0.25, 0.3) is 0 Å². The molecule has 6 nitrogen and oxygen atoms in total. The van der Waals surface area contributed by atoms with Crippen molar-refractivity contribution < 1.29 is 23.5 Å². The minimum atomic E-state index is -3.19. The molecule has 0 bridgehead atoms. The highest BCUT2D eigenvalue weighted by Crippen LogP contribution is 2.44. The molecule has 0 heterocycles. The number of hydrogen-bond donors (Lipinski definition) is 2. The van der Waals surface area contributed by atoms with E-state index in [4.69, 9.17) is 19.9 Å². The summed E-state index contributed by atoms with van der Waals surface area (Å²) in [6.07, 6.45) is -0.244. The standard InChI is InChI=1S/C7H16NO5P/c1-5(2)13-14(3,11)12-4-6(8)7(9)10/h5-6H,4,8H2,1-3H3,(H,9,10)/t6-,14-/m0/s1. The van der Waals surface area contributed by atoms with Crippen molar-refractivity contribution in [1.82, 2.24) is 0 Å². The van der Waals surface area contributed by atoms with Crippen molar-refractivity contribution >= 4 is 13.6 Å². The molecule has 0 aliphatic rings. The largest absolute Gasteiger partial charge is 0.480 e. The molecule has 0 saturated carbocycles. The third-order valence-corrected chi connectivity index (χ3v) is 2.63. The number of carboxylic acid groups (broad SMARTS) is 1. The molecule has 0 aromatic carbocycles. The van der Waals surface area contributed by atoms with Crippen LogP contribution in [0.25, 0.3) is 0 Å². The zero-order valence-corrected chi connectivity index (χ0v) is 9.36. The van der Waals surface area contributed by atoms with Gasteiger partial charge < -0.3 is 19.9 Å². The van der Waals surface area contributed by atoms with E-state index in [9.17, 15) is 9.36 Å². The Morgan fingerprint density at radius 3 is 2.43 bits per heavy atom. The summed E-state index contributed by atoms with van der Waals surface area (Å²) in [5.74, 6) is -1.20. The van der Waals surface area contributed by atoms with Gasteiger partial charge >= 0.3 is 13.6 Å². The molecule has 0 fully saturated rings. The Labute approximate surface area is 82.9 Å². The lowest BCUT2D eigenvalue weighted by Gasteiger charge is -2.17. The lowest BCUT2D eigenvalue weighted by Crippen LogP contribution is -2.34. The first-order valence-electron chi connectivity index (χ1n) is 4.13. The van der Waals surface area contributed by atoms with Crippen molar-refractivity contribution in [1.29, 1.82) is 0 Å². The Morgan fingerprint density at radius 2 is 2.07 bits per heavy atom. The van der Waals surface area contributed by atoms with E-state index >= 15 is 0 Å². The van der Waals surface area contributed by atoms with Crippen LogP contribution < -0.4 is 5.73 Å². The highest BCUT2D eigenvalue weighted by Gasteiger charge is 2.22. The van der Waals surface area contributed by atoms with Crippen molar-refractivity contribution in [3.8, 4) is 0 Å². The molecule has 0 aromatic rings. The first kappa shape index (κ1) is 13.6. The fourth-order valence-corrected chi connectivity index (χ4v) is 1.96. The second kappa shape index (κ2) is 5.46. The van der Waals surface area contributed by atoms with E-state index in [0.29, 0.717) is 0 Å². The summed E-state index contributed by atoms with van der Waals surface area (Å²) >= 11 is 0. The summed E-state index contributed by atoms with van der Waals surface area (Å²) < 4.78 is 21.2. The molecule has 0 saturated heterocycles. The first-order valence-corrected chi connectivity index (χ1v) is 6.12. The van der Waals surface area contributed by atoms with E-state index in [1.807, 2.05) is 0 Å². The third-order valence-electron chi connectivity index (χ3n) is 1.21.